The number of anilines is 1. The van der Waals surface area contributed by atoms with Gasteiger partial charge in [0.05, 0.1) is 11.0 Å². The molecule has 1 aliphatic heterocycles. The predicted molar refractivity (Wildman–Crippen MR) is 94.3 cm³/mol. The van der Waals surface area contributed by atoms with E-state index < -0.39 is 28.8 Å². The molecule has 2 unspecified atom stereocenters. The van der Waals surface area contributed by atoms with Crippen LogP contribution < -0.4 is 4.90 Å². The van der Waals surface area contributed by atoms with E-state index in [0.717, 1.165) is 4.90 Å². The van der Waals surface area contributed by atoms with Gasteiger partial charge in [-0.2, -0.15) is 5.10 Å². The molecule has 0 bridgehead atoms. The first-order valence-corrected chi connectivity index (χ1v) is 8.69. The fourth-order valence-corrected chi connectivity index (χ4v) is 3.54. The normalized spacial score (nSPS) is 21.3. The molecular weight excluding hydrogens is 345 g/mol. The van der Waals surface area contributed by atoms with Crippen LogP contribution in [0, 0.1) is 10.1 Å². The Balaban J connectivity index is 2.31. The van der Waals surface area contributed by atoms with Crippen molar-refractivity contribution < 1.29 is 19.2 Å². The quantitative estimate of drug-likeness (QED) is 0.644. The van der Waals surface area contributed by atoms with Gasteiger partial charge in [-0.05, 0) is 40.5 Å². The van der Waals surface area contributed by atoms with E-state index in [1.165, 1.54) is 10.9 Å². The standard InChI is InChI=1S/C16H26FN5O4/c1-5-20-14(13(10-18-20)22(25)26)19-8-6-11(17)12(7-9-19)21(15(23)24)16(2,3)4/h10-12H,5-9H2,1-4H3,(H,23,24). The molecule has 2 heterocycles. The Bertz CT molecular complexity index is 672. The first-order chi connectivity index (χ1) is 12.1. The van der Waals surface area contributed by atoms with E-state index in [-0.39, 0.29) is 25.1 Å². The van der Waals surface area contributed by atoms with Crippen LogP contribution in [0.25, 0.3) is 0 Å². The van der Waals surface area contributed by atoms with Gasteiger partial charge in [0.1, 0.15) is 12.4 Å². The third-order valence-electron chi connectivity index (χ3n) is 4.64. The predicted octanol–water partition coefficient (Wildman–Crippen LogP) is 2.90. The highest BCUT2D eigenvalue weighted by Gasteiger charge is 2.40. The van der Waals surface area contributed by atoms with Gasteiger partial charge in [-0.1, -0.05) is 0 Å². The highest BCUT2D eigenvalue weighted by atomic mass is 19.1. The van der Waals surface area contributed by atoms with Crippen molar-refractivity contribution in [2.75, 3.05) is 18.0 Å². The van der Waals surface area contributed by atoms with Crippen molar-refractivity contribution in [3.05, 3.63) is 16.3 Å². The van der Waals surface area contributed by atoms with Gasteiger partial charge in [-0.25, -0.2) is 13.9 Å². The molecule has 1 fully saturated rings. The summed E-state index contributed by atoms with van der Waals surface area (Å²) in [7, 11) is 0. The molecule has 1 aromatic rings. The lowest BCUT2D eigenvalue weighted by atomic mass is 9.98. The number of hydrogen-bond donors (Lipinski definition) is 1. The molecule has 0 aromatic carbocycles. The Morgan fingerprint density at radius 1 is 1.46 bits per heavy atom. The Morgan fingerprint density at radius 3 is 2.58 bits per heavy atom. The molecule has 2 atom stereocenters. The van der Waals surface area contributed by atoms with Crippen LogP contribution in [0.5, 0.6) is 0 Å². The molecule has 0 radical (unpaired) electrons. The zero-order valence-electron chi connectivity index (χ0n) is 15.6. The molecule has 10 heteroatoms. The second-order valence-electron chi connectivity index (χ2n) is 7.40. The molecule has 1 N–H and O–H groups in total. The van der Waals surface area contributed by atoms with Crippen LogP contribution in [-0.4, -0.2) is 61.6 Å². The van der Waals surface area contributed by atoms with Gasteiger partial charge < -0.3 is 10.0 Å². The molecule has 2 rings (SSSR count). The number of nitrogens with zero attached hydrogens (tertiary/aromatic N) is 5. The van der Waals surface area contributed by atoms with Crippen molar-refractivity contribution in [1.29, 1.82) is 0 Å². The van der Waals surface area contributed by atoms with Crippen LogP contribution in [0.3, 0.4) is 0 Å². The SMILES string of the molecule is CCn1ncc([N+](=O)[O-])c1N1CCC(F)C(N(C(=O)O)C(C)(C)C)CC1. The molecule has 26 heavy (non-hydrogen) atoms. The molecule has 146 valence electrons. The maximum atomic E-state index is 14.8. The molecule has 1 aromatic heterocycles. The van der Waals surface area contributed by atoms with Crippen LogP contribution in [0.4, 0.5) is 20.7 Å². The fourth-order valence-electron chi connectivity index (χ4n) is 3.54. The fraction of sp³-hybridized carbons (Fsp3) is 0.750. The highest BCUT2D eigenvalue weighted by molar-refractivity contribution is 5.66. The van der Waals surface area contributed by atoms with Gasteiger partial charge in [-0.15, -0.1) is 0 Å². The lowest BCUT2D eigenvalue weighted by molar-refractivity contribution is -0.384. The van der Waals surface area contributed by atoms with Crippen molar-refractivity contribution in [1.82, 2.24) is 14.7 Å². The summed E-state index contributed by atoms with van der Waals surface area (Å²) in [5.74, 6) is 0.350. The van der Waals surface area contributed by atoms with Gasteiger partial charge in [0.2, 0.25) is 5.82 Å². The summed E-state index contributed by atoms with van der Waals surface area (Å²) in [6.07, 6.45) is -0.962. The van der Waals surface area contributed by atoms with E-state index in [4.69, 9.17) is 0 Å². The van der Waals surface area contributed by atoms with Gasteiger partial charge in [0.25, 0.3) is 0 Å². The summed E-state index contributed by atoms with van der Waals surface area (Å²) < 4.78 is 16.3. The highest BCUT2D eigenvalue weighted by Crippen LogP contribution is 2.32. The minimum atomic E-state index is -1.34. The maximum Gasteiger partial charge on any atom is 0.408 e. The third kappa shape index (κ3) is 3.88. The number of halogens is 1. The number of aryl methyl sites for hydroxylation is 1. The number of hydrogen-bond acceptors (Lipinski definition) is 5. The Kier molecular flexibility index (Phi) is 5.72. The molecule has 1 amide bonds. The monoisotopic (exact) mass is 371 g/mol. The first-order valence-electron chi connectivity index (χ1n) is 8.69. The number of carboxylic acid groups (broad SMARTS) is 1. The summed E-state index contributed by atoms with van der Waals surface area (Å²) in [6.45, 7) is 8.05. The number of carbonyl (C=O) groups is 1. The van der Waals surface area contributed by atoms with Crippen molar-refractivity contribution in [3.8, 4) is 0 Å². The number of amides is 1. The second-order valence-corrected chi connectivity index (χ2v) is 7.40. The van der Waals surface area contributed by atoms with Gasteiger partial charge >= 0.3 is 11.8 Å². The van der Waals surface area contributed by atoms with E-state index in [0.29, 0.717) is 18.9 Å². The zero-order chi connectivity index (χ0) is 19.6. The van der Waals surface area contributed by atoms with Crippen molar-refractivity contribution in [3.63, 3.8) is 0 Å². The third-order valence-corrected chi connectivity index (χ3v) is 4.64. The topological polar surface area (TPSA) is 105 Å². The molecule has 1 aliphatic rings. The van der Waals surface area contributed by atoms with Gasteiger partial charge in [0, 0.05) is 25.2 Å². The maximum absolute atomic E-state index is 14.8. The van der Waals surface area contributed by atoms with Crippen LogP contribution in [0.15, 0.2) is 6.20 Å². The molecule has 9 nitrogen and oxygen atoms in total. The van der Waals surface area contributed by atoms with E-state index in [9.17, 15) is 24.4 Å². The Morgan fingerprint density at radius 2 is 2.08 bits per heavy atom. The van der Waals surface area contributed by atoms with E-state index in [1.54, 1.807) is 25.7 Å². The lowest BCUT2D eigenvalue weighted by Gasteiger charge is -2.40. The molecular formula is C16H26FN5O4. The number of alkyl halides is 1. The summed E-state index contributed by atoms with van der Waals surface area (Å²) >= 11 is 0. The van der Waals surface area contributed by atoms with Crippen molar-refractivity contribution in [2.24, 2.45) is 0 Å². The summed E-state index contributed by atoms with van der Waals surface area (Å²) in [5, 5.41) is 24.9. The van der Waals surface area contributed by atoms with E-state index in [2.05, 4.69) is 5.10 Å². The minimum Gasteiger partial charge on any atom is -0.465 e. The molecule has 0 spiro atoms. The number of rotatable bonds is 4. The van der Waals surface area contributed by atoms with Crippen LogP contribution in [-0.2, 0) is 6.54 Å². The van der Waals surface area contributed by atoms with E-state index >= 15 is 0 Å². The van der Waals surface area contributed by atoms with Crippen molar-refractivity contribution >= 4 is 17.6 Å². The zero-order valence-corrected chi connectivity index (χ0v) is 15.6. The average molecular weight is 371 g/mol. The Hall–Kier alpha value is -2.39. The second kappa shape index (κ2) is 7.46. The summed E-state index contributed by atoms with van der Waals surface area (Å²) in [6, 6.07) is -0.797. The summed E-state index contributed by atoms with van der Waals surface area (Å²) in [5.41, 5.74) is -0.862. The smallest absolute Gasteiger partial charge is 0.408 e. The van der Waals surface area contributed by atoms with E-state index in [1.807, 2.05) is 6.92 Å². The number of nitro groups is 1. The van der Waals surface area contributed by atoms with Gasteiger partial charge in [0.15, 0.2) is 0 Å². The largest absolute Gasteiger partial charge is 0.465 e. The molecule has 0 saturated carbocycles. The van der Waals surface area contributed by atoms with Crippen LogP contribution in [0.1, 0.15) is 40.5 Å². The Labute approximate surface area is 151 Å². The molecule has 0 aliphatic carbocycles. The van der Waals surface area contributed by atoms with Crippen LogP contribution in [0.2, 0.25) is 0 Å². The lowest BCUT2D eigenvalue weighted by Crippen LogP contribution is -2.54. The molecule has 1 saturated heterocycles. The summed E-state index contributed by atoms with van der Waals surface area (Å²) in [4.78, 5) is 25.4. The van der Waals surface area contributed by atoms with Crippen molar-refractivity contribution in [2.45, 2.75) is 64.8 Å². The average Bonchev–Trinajstić information content (AvgIpc) is 2.87. The van der Waals surface area contributed by atoms with Crippen LogP contribution >= 0.6 is 0 Å². The van der Waals surface area contributed by atoms with Gasteiger partial charge in [-0.3, -0.25) is 15.0 Å². The minimum absolute atomic E-state index is 0.0938. The number of aromatic nitrogens is 2. The first kappa shape index (κ1) is 19.9.